The molecule has 0 saturated carbocycles. The van der Waals surface area contributed by atoms with E-state index in [9.17, 15) is 9.59 Å². The average Bonchev–Trinajstić information content (AvgIpc) is 2.33. The average molecular weight is 266 g/mol. The Morgan fingerprint density at radius 1 is 1.44 bits per heavy atom. The van der Waals surface area contributed by atoms with Crippen LogP contribution in [0.2, 0.25) is 5.02 Å². The highest BCUT2D eigenvalue weighted by atomic mass is 35.5. The van der Waals surface area contributed by atoms with Gasteiger partial charge in [-0.05, 0) is 30.0 Å². The molecule has 1 N–H and O–H groups in total. The molecular formula is C13H12ClNO3. The smallest absolute Gasteiger partial charge is 0.326 e. The van der Waals surface area contributed by atoms with Crippen molar-refractivity contribution in [3.05, 3.63) is 45.8 Å². The summed E-state index contributed by atoms with van der Waals surface area (Å²) in [6.45, 7) is 1.73. The van der Waals surface area contributed by atoms with Crippen LogP contribution in [0.15, 0.2) is 35.3 Å². The number of hydrogen-bond acceptors (Lipinski definition) is 2. The number of hydrogen-bond donors (Lipinski definition) is 1. The molecule has 2 aromatic rings. The quantitative estimate of drug-likeness (QED) is 0.928. The minimum Gasteiger partial charge on any atom is -0.480 e. The van der Waals surface area contributed by atoms with Crippen LogP contribution in [0.5, 0.6) is 0 Å². The third-order valence-electron chi connectivity index (χ3n) is 2.90. The van der Waals surface area contributed by atoms with Crippen molar-refractivity contribution >= 4 is 28.3 Å². The number of aliphatic carboxylic acids is 1. The number of benzene rings is 1. The van der Waals surface area contributed by atoms with E-state index in [1.54, 1.807) is 31.2 Å². The number of aromatic nitrogens is 1. The van der Waals surface area contributed by atoms with Gasteiger partial charge in [0.05, 0.1) is 0 Å². The molecule has 1 atom stereocenters. The number of carbonyl (C=O) groups is 1. The molecule has 0 fully saturated rings. The monoisotopic (exact) mass is 265 g/mol. The van der Waals surface area contributed by atoms with E-state index >= 15 is 0 Å². The zero-order chi connectivity index (χ0) is 13.3. The summed E-state index contributed by atoms with van der Waals surface area (Å²) < 4.78 is 1.24. The number of carboxylic acids is 1. The van der Waals surface area contributed by atoms with Crippen LogP contribution < -0.4 is 5.56 Å². The van der Waals surface area contributed by atoms with Gasteiger partial charge in [-0.1, -0.05) is 24.6 Å². The summed E-state index contributed by atoms with van der Waals surface area (Å²) in [7, 11) is 0. The van der Waals surface area contributed by atoms with Crippen LogP contribution >= 0.6 is 11.6 Å². The zero-order valence-electron chi connectivity index (χ0n) is 9.76. The van der Waals surface area contributed by atoms with Crippen molar-refractivity contribution in [2.45, 2.75) is 19.4 Å². The fraction of sp³-hybridized carbons (Fsp3) is 0.231. The maximum absolute atomic E-state index is 12.2. The number of nitrogens with zero attached hydrogens (tertiary/aromatic N) is 1. The molecule has 0 aliphatic rings. The molecule has 0 amide bonds. The van der Waals surface area contributed by atoms with Gasteiger partial charge in [0.1, 0.15) is 6.04 Å². The van der Waals surface area contributed by atoms with Crippen LogP contribution in [0, 0.1) is 0 Å². The lowest BCUT2D eigenvalue weighted by Crippen LogP contribution is -2.29. The Balaban J connectivity index is 2.71. The molecular weight excluding hydrogens is 254 g/mol. The van der Waals surface area contributed by atoms with Crippen LogP contribution in [-0.2, 0) is 4.79 Å². The lowest BCUT2D eigenvalue weighted by atomic mass is 10.1. The molecule has 5 heteroatoms. The van der Waals surface area contributed by atoms with Gasteiger partial charge in [-0.3, -0.25) is 4.79 Å². The van der Waals surface area contributed by atoms with E-state index in [4.69, 9.17) is 16.7 Å². The lowest BCUT2D eigenvalue weighted by molar-refractivity contribution is -0.141. The second-order valence-corrected chi connectivity index (χ2v) is 4.46. The van der Waals surface area contributed by atoms with Crippen molar-refractivity contribution in [2.24, 2.45) is 0 Å². The van der Waals surface area contributed by atoms with Crippen molar-refractivity contribution in [3.8, 4) is 0 Å². The Hall–Kier alpha value is -1.81. The topological polar surface area (TPSA) is 59.3 Å². The van der Waals surface area contributed by atoms with Gasteiger partial charge in [0.25, 0.3) is 5.56 Å². The third kappa shape index (κ3) is 2.11. The van der Waals surface area contributed by atoms with Gasteiger partial charge in [-0.15, -0.1) is 0 Å². The molecule has 4 nitrogen and oxygen atoms in total. The second-order valence-electron chi connectivity index (χ2n) is 4.02. The van der Waals surface area contributed by atoms with Crippen molar-refractivity contribution in [1.82, 2.24) is 4.57 Å². The van der Waals surface area contributed by atoms with Gasteiger partial charge in [0, 0.05) is 16.6 Å². The maximum atomic E-state index is 12.2. The highest BCUT2D eigenvalue weighted by Crippen LogP contribution is 2.18. The van der Waals surface area contributed by atoms with Crippen molar-refractivity contribution in [3.63, 3.8) is 0 Å². The molecule has 1 aromatic heterocycles. The standard InChI is InChI=1S/C13H12ClNO3/c1-2-11(13(17)18)15-6-5-8-3-4-9(14)7-10(8)12(15)16/h3-7,11H,2H2,1H3,(H,17,18). The fourth-order valence-electron chi connectivity index (χ4n) is 1.96. The molecule has 0 aliphatic heterocycles. The molecule has 18 heavy (non-hydrogen) atoms. The van der Waals surface area contributed by atoms with Gasteiger partial charge >= 0.3 is 5.97 Å². The normalized spacial score (nSPS) is 12.6. The van der Waals surface area contributed by atoms with E-state index < -0.39 is 12.0 Å². The molecule has 0 aliphatic carbocycles. The number of pyridine rings is 1. The van der Waals surface area contributed by atoms with E-state index in [1.165, 1.54) is 10.8 Å². The fourth-order valence-corrected chi connectivity index (χ4v) is 2.13. The van der Waals surface area contributed by atoms with Gasteiger partial charge in [0.2, 0.25) is 0 Å². The number of halogens is 1. The van der Waals surface area contributed by atoms with Crippen molar-refractivity contribution in [2.75, 3.05) is 0 Å². The van der Waals surface area contributed by atoms with E-state index in [0.717, 1.165) is 5.39 Å². The Morgan fingerprint density at radius 3 is 2.78 bits per heavy atom. The summed E-state index contributed by atoms with van der Waals surface area (Å²) in [4.78, 5) is 23.3. The van der Waals surface area contributed by atoms with E-state index in [0.29, 0.717) is 16.8 Å². The van der Waals surface area contributed by atoms with Crippen LogP contribution in [-0.4, -0.2) is 15.6 Å². The lowest BCUT2D eigenvalue weighted by Gasteiger charge is -2.14. The third-order valence-corrected chi connectivity index (χ3v) is 3.14. The Bertz CT molecular complexity index is 663. The Kier molecular flexibility index (Phi) is 3.39. The van der Waals surface area contributed by atoms with Gasteiger partial charge in [-0.2, -0.15) is 0 Å². The summed E-state index contributed by atoms with van der Waals surface area (Å²) in [6, 6.07) is 5.87. The largest absolute Gasteiger partial charge is 0.480 e. The molecule has 0 spiro atoms. The first-order valence-electron chi connectivity index (χ1n) is 5.57. The first-order chi connectivity index (χ1) is 8.54. The molecule has 2 rings (SSSR count). The minimum absolute atomic E-state index is 0.329. The summed E-state index contributed by atoms with van der Waals surface area (Å²) in [6.07, 6.45) is 1.86. The first kappa shape index (κ1) is 12.6. The summed E-state index contributed by atoms with van der Waals surface area (Å²) in [5.74, 6) is -1.01. The molecule has 0 bridgehead atoms. The van der Waals surface area contributed by atoms with Crippen molar-refractivity contribution < 1.29 is 9.90 Å². The summed E-state index contributed by atoms with van der Waals surface area (Å²) in [5, 5.41) is 10.7. The van der Waals surface area contributed by atoms with Gasteiger partial charge < -0.3 is 9.67 Å². The Labute approximate surface area is 108 Å². The Morgan fingerprint density at radius 2 is 2.17 bits per heavy atom. The summed E-state index contributed by atoms with van der Waals surface area (Å²) in [5.41, 5.74) is -0.329. The van der Waals surface area contributed by atoms with Crippen LogP contribution in [0.1, 0.15) is 19.4 Å². The maximum Gasteiger partial charge on any atom is 0.326 e. The highest BCUT2D eigenvalue weighted by Gasteiger charge is 2.18. The molecule has 94 valence electrons. The van der Waals surface area contributed by atoms with Crippen LogP contribution in [0.4, 0.5) is 0 Å². The molecule has 0 radical (unpaired) electrons. The molecule has 1 aromatic carbocycles. The predicted octanol–water partition coefficient (Wildman–Crippen LogP) is 2.69. The van der Waals surface area contributed by atoms with E-state index in [-0.39, 0.29) is 5.56 Å². The SMILES string of the molecule is CCC(C(=O)O)n1ccc2ccc(Cl)cc2c1=O. The van der Waals surface area contributed by atoms with E-state index in [2.05, 4.69) is 0 Å². The second kappa shape index (κ2) is 4.82. The molecule has 1 unspecified atom stereocenters. The van der Waals surface area contributed by atoms with Crippen LogP contribution in [0.25, 0.3) is 10.8 Å². The summed E-state index contributed by atoms with van der Waals surface area (Å²) >= 11 is 5.85. The minimum atomic E-state index is -1.01. The zero-order valence-corrected chi connectivity index (χ0v) is 10.5. The van der Waals surface area contributed by atoms with Crippen molar-refractivity contribution in [1.29, 1.82) is 0 Å². The number of fused-ring (bicyclic) bond motifs is 1. The molecule has 0 saturated heterocycles. The first-order valence-corrected chi connectivity index (χ1v) is 5.95. The predicted molar refractivity (Wildman–Crippen MR) is 70.2 cm³/mol. The van der Waals surface area contributed by atoms with Gasteiger partial charge in [0.15, 0.2) is 0 Å². The van der Waals surface area contributed by atoms with E-state index in [1.807, 2.05) is 0 Å². The van der Waals surface area contributed by atoms with Crippen LogP contribution in [0.3, 0.4) is 0 Å². The highest BCUT2D eigenvalue weighted by molar-refractivity contribution is 6.31. The number of rotatable bonds is 3. The van der Waals surface area contributed by atoms with Gasteiger partial charge in [-0.25, -0.2) is 4.79 Å². The molecule has 1 heterocycles. The number of carboxylic acid groups (broad SMARTS) is 1.